The lowest BCUT2D eigenvalue weighted by molar-refractivity contribution is 0.379. The lowest BCUT2D eigenvalue weighted by Crippen LogP contribution is -2.43. The fourth-order valence-electron chi connectivity index (χ4n) is 2.05. The Kier molecular flexibility index (Phi) is 7.24. The number of sulfone groups is 1. The molecule has 0 radical (unpaired) electrons. The second kappa shape index (κ2) is 7.28. The largest absolute Gasteiger partial charge is 0.313 e. The molecule has 0 amide bonds. The fraction of sp³-hybridized carbons (Fsp3) is 1.00. The van der Waals surface area contributed by atoms with Gasteiger partial charge in [-0.3, -0.25) is 0 Å². The van der Waals surface area contributed by atoms with Crippen LogP contribution in [0.2, 0.25) is 0 Å². The van der Waals surface area contributed by atoms with Crippen molar-refractivity contribution in [3.05, 3.63) is 0 Å². The molecule has 16 heavy (non-hydrogen) atoms. The number of nitrogens with one attached hydrogen (secondary N) is 1. The summed E-state index contributed by atoms with van der Waals surface area (Å²) in [5, 5.41) is 3.00. The second-order valence-corrected chi connectivity index (χ2v) is 7.23. The first-order chi connectivity index (χ1) is 7.32. The monoisotopic (exact) mass is 249 g/mol. The van der Waals surface area contributed by atoms with Gasteiger partial charge < -0.3 is 5.32 Å². The van der Waals surface area contributed by atoms with Gasteiger partial charge in [0.2, 0.25) is 0 Å². The van der Waals surface area contributed by atoms with Gasteiger partial charge >= 0.3 is 0 Å². The van der Waals surface area contributed by atoms with Crippen LogP contribution in [0.15, 0.2) is 0 Å². The van der Waals surface area contributed by atoms with Crippen LogP contribution in [0.25, 0.3) is 0 Å². The minimum Gasteiger partial charge on any atom is -0.313 e. The molecule has 0 bridgehead atoms. The second-order valence-electron chi connectivity index (χ2n) is 4.83. The van der Waals surface area contributed by atoms with Crippen molar-refractivity contribution >= 4 is 9.84 Å². The third-order valence-corrected chi connectivity index (χ3v) is 4.83. The van der Waals surface area contributed by atoms with Crippen LogP contribution in [0, 0.1) is 5.92 Å². The van der Waals surface area contributed by atoms with Gasteiger partial charge in [-0.1, -0.05) is 33.6 Å². The Balaban J connectivity index is 4.49. The summed E-state index contributed by atoms with van der Waals surface area (Å²) in [6, 6.07) is 0.0848. The van der Waals surface area contributed by atoms with Crippen molar-refractivity contribution < 1.29 is 8.42 Å². The van der Waals surface area contributed by atoms with E-state index in [0.717, 1.165) is 19.4 Å². The Bertz CT molecular complexity index is 275. The predicted molar refractivity (Wildman–Crippen MR) is 70.5 cm³/mol. The molecule has 1 N–H and O–H groups in total. The standard InChI is InChI=1S/C12H27NO2S/c1-6-8-10(3)9-12(13-7-2)11(4)16(5,14)15/h10-13H,6-9H2,1-5H3. The van der Waals surface area contributed by atoms with Crippen LogP contribution in [0.1, 0.15) is 47.0 Å². The summed E-state index contributed by atoms with van der Waals surface area (Å²) in [4.78, 5) is 0. The zero-order valence-electron chi connectivity index (χ0n) is 11.3. The van der Waals surface area contributed by atoms with Gasteiger partial charge in [-0.15, -0.1) is 0 Å². The van der Waals surface area contributed by atoms with Gasteiger partial charge in [0.05, 0.1) is 5.25 Å². The van der Waals surface area contributed by atoms with Crippen LogP contribution in [-0.2, 0) is 9.84 Å². The van der Waals surface area contributed by atoms with Gasteiger partial charge in [0.25, 0.3) is 0 Å². The third kappa shape index (κ3) is 5.85. The maximum Gasteiger partial charge on any atom is 0.151 e. The summed E-state index contributed by atoms with van der Waals surface area (Å²) in [6.07, 6.45) is 4.59. The van der Waals surface area contributed by atoms with Gasteiger partial charge in [0, 0.05) is 12.3 Å². The van der Waals surface area contributed by atoms with E-state index in [1.807, 2.05) is 6.92 Å². The molecule has 98 valence electrons. The van der Waals surface area contributed by atoms with Crippen molar-refractivity contribution in [2.45, 2.75) is 58.2 Å². The molecule has 3 nitrogen and oxygen atoms in total. The Morgan fingerprint density at radius 1 is 1.19 bits per heavy atom. The number of hydrogen-bond acceptors (Lipinski definition) is 3. The number of rotatable bonds is 8. The summed E-state index contributed by atoms with van der Waals surface area (Å²) < 4.78 is 23.1. The molecular weight excluding hydrogens is 222 g/mol. The van der Waals surface area contributed by atoms with Crippen LogP contribution in [0.5, 0.6) is 0 Å². The molecule has 0 aliphatic rings. The SMILES string of the molecule is CCCC(C)CC(NCC)C(C)S(C)(=O)=O. The molecule has 0 aromatic carbocycles. The van der Waals surface area contributed by atoms with Crippen molar-refractivity contribution in [3.8, 4) is 0 Å². The normalized spacial score (nSPS) is 18.1. The van der Waals surface area contributed by atoms with Crippen molar-refractivity contribution in [3.63, 3.8) is 0 Å². The van der Waals surface area contributed by atoms with E-state index in [2.05, 4.69) is 19.2 Å². The molecule has 0 fully saturated rings. The topological polar surface area (TPSA) is 46.2 Å². The minimum absolute atomic E-state index is 0.0848. The molecule has 0 heterocycles. The van der Waals surface area contributed by atoms with E-state index in [1.54, 1.807) is 6.92 Å². The Labute approximate surface area is 101 Å². The molecular formula is C12H27NO2S. The van der Waals surface area contributed by atoms with E-state index in [4.69, 9.17) is 0 Å². The molecule has 0 rings (SSSR count). The molecule has 0 saturated carbocycles. The Hall–Kier alpha value is -0.0900. The van der Waals surface area contributed by atoms with Gasteiger partial charge in [-0.05, 0) is 25.8 Å². The summed E-state index contributed by atoms with van der Waals surface area (Å²) >= 11 is 0. The smallest absolute Gasteiger partial charge is 0.151 e. The van der Waals surface area contributed by atoms with Crippen molar-refractivity contribution in [1.82, 2.24) is 5.32 Å². The zero-order valence-corrected chi connectivity index (χ0v) is 12.1. The minimum atomic E-state index is -2.95. The van der Waals surface area contributed by atoms with Crippen LogP contribution in [0.3, 0.4) is 0 Å². The predicted octanol–water partition coefficient (Wildman–Crippen LogP) is 2.22. The highest BCUT2D eigenvalue weighted by atomic mass is 32.2. The van der Waals surface area contributed by atoms with Gasteiger partial charge in [0.15, 0.2) is 9.84 Å². The van der Waals surface area contributed by atoms with Gasteiger partial charge in [-0.25, -0.2) is 8.42 Å². The summed E-state index contributed by atoms with van der Waals surface area (Å²) in [5.41, 5.74) is 0. The van der Waals surface area contributed by atoms with Crippen LogP contribution >= 0.6 is 0 Å². The first kappa shape index (κ1) is 15.9. The first-order valence-corrected chi connectivity index (χ1v) is 8.20. The average molecular weight is 249 g/mol. The Morgan fingerprint density at radius 3 is 2.12 bits per heavy atom. The van der Waals surface area contributed by atoms with Crippen molar-refractivity contribution in [1.29, 1.82) is 0 Å². The lowest BCUT2D eigenvalue weighted by atomic mass is 9.96. The van der Waals surface area contributed by atoms with E-state index in [0.29, 0.717) is 5.92 Å². The van der Waals surface area contributed by atoms with E-state index in [9.17, 15) is 8.42 Å². The summed E-state index contributed by atoms with van der Waals surface area (Å²) in [6.45, 7) is 9.01. The summed E-state index contributed by atoms with van der Waals surface area (Å²) in [5.74, 6) is 0.582. The van der Waals surface area contributed by atoms with Crippen LogP contribution in [0.4, 0.5) is 0 Å². The van der Waals surface area contributed by atoms with Crippen molar-refractivity contribution in [2.24, 2.45) is 5.92 Å². The molecule has 0 aliphatic heterocycles. The van der Waals surface area contributed by atoms with Crippen LogP contribution in [-0.4, -0.2) is 32.5 Å². The maximum absolute atomic E-state index is 11.5. The average Bonchev–Trinajstić information content (AvgIpc) is 2.15. The highest BCUT2D eigenvalue weighted by Crippen LogP contribution is 2.17. The van der Waals surface area contributed by atoms with E-state index < -0.39 is 9.84 Å². The lowest BCUT2D eigenvalue weighted by Gasteiger charge is -2.26. The van der Waals surface area contributed by atoms with Gasteiger partial charge in [0.1, 0.15) is 0 Å². The Morgan fingerprint density at radius 2 is 1.75 bits per heavy atom. The van der Waals surface area contributed by atoms with E-state index in [1.165, 1.54) is 12.7 Å². The molecule has 3 atom stereocenters. The fourth-order valence-corrected chi connectivity index (χ4v) is 2.85. The van der Waals surface area contributed by atoms with Crippen molar-refractivity contribution in [2.75, 3.05) is 12.8 Å². The zero-order chi connectivity index (χ0) is 12.8. The maximum atomic E-state index is 11.5. The summed E-state index contributed by atoms with van der Waals surface area (Å²) in [7, 11) is -2.95. The van der Waals surface area contributed by atoms with Crippen LogP contribution < -0.4 is 5.32 Å². The van der Waals surface area contributed by atoms with E-state index >= 15 is 0 Å². The number of hydrogen-bond donors (Lipinski definition) is 1. The quantitative estimate of drug-likeness (QED) is 0.717. The molecule has 4 heteroatoms. The first-order valence-electron chi connectivity index (χ1n) is 6.25. The molecule has 3 unspecified atom stereocenters. The molecule has 0 aliphatic carbocycles. The molecule has 0 saturated heterocycles. The molecule has 0 aromatic heterocycles. The van der Waals surface area contributed by atoms with E-state index in [-0.39, 0.29) is 11.3 Å². The third-order valence-electron chi connectivity index (χ3n) is 3.15. The molecule has 0 aromatic rings. The highest BCUT2D eigenvalue weighted by molar-refractivity contribution is 7.91. The molecule has 0 spiro atoms. The highest BCUT2D eigenvalue weighted by Gasteiger charge is 2.26. The van der Waals surface area contributed by atoms with Gasteiger partial charge in [-0.2, -0.15) is 0 Å².